The van der Waals surface area contributed by atoms with Crippen LogP contribution in [0.1, 0.15) is 6.92 Å². The second kappa shape index (κ2) is 7.22. The molecule has 0 bridgehead atoms. The molecule has 0 saturated heterocycles. The fraction of sp³-hybridized carbons (Fsp3) is 0.0417. The Morgan fingerprint density at radius 1 is 0.867 bits per heavy atom. The van der Waals surface area contributed by atoms with Crippen LogP contribution in [-0.4, -0.2) is 9.55 Å². The van der Waals surface area contributed by atoms with Crippen molar-refractivity contribution in [1.82, 2.24) is 9.55 Å². The first kappa shape index (κ1) is 18.8. The molecule has 0 N–H and O–H groups in total. The van der Waals surface area contributed by atoms with Crippen LogP contribution in [0.3, 0.4) is 0 Å². The molecule has 6 heteroatoms. The van der Waals surface area contributed by atoms with Crippen LogP contribution >= 0.6 is 15.9 Å². The Hall–Kier alpha value is -3.25. The van der Waals surface area contributed by atoms with Crippen molar-refractivity contribution in [3.63, 3.8) is 0 Å². The number of imidazole rings is 1. The molecule has 0 radical (unpaired) electrons. The second-order valence-electron chi connectivity index (χ2n) is 7.00. The maximum atomic E-state index is 13.6. The highest BCUT2D eigenvalue weighted by atomic mass is 79.9. The molecule has 148 valence electrons. The van der Waals surface area contributed by atoms with Crippen molar-refractivity contribution in [3.8, 4) is 39.7 Å². The Labute approximate surface area is 180 Å². The molecule has 1 aliphatic heterocycles. The third-order valence-corrected chi connectivity index (χ3v) is 5.50. The molecule has 0 saturated carbocycles. The van der Waals surface area contributed by atoms with E-state index in [2.05, 4.69) is 15.9 Å². The molecule has 5 rings (SSSR count). The highest BCUT2D eigenvalue weighted by Gasteiger charge is 2.26. The SMILES string of the molecule is CC1=COc2ccc(Br)cc2-c2nc(-c3ccc(F)cc3)c(-c3ccc(F)cc3)n21. The first-order chi connectivity index (χ1) is 14.5. The van der Waals surface area contributed by atoms with E-state index in [1.54, 1.807) is 30.5 Å². The summed E-state index contributed by atoms with van der Waals surface area (Å²) >= 11 is 3.52. The van der Waals surface area contributed by atoms with Crippen molar-refractivity contribution in [1.29, 1.82) is 0 Å². The lowest BCUT2D eigenvalue weighted by atomic mass is 10.0. The predicted molar refractivity (Wildman–Crippen MR) is 117 cm³/mol. The highest BCUT2D eigenvalue weighted by Crippen LogP contribution is 2.43. The van der Waals surface area contributed by atoms with Crippen LogP contribution < -0.4 is 4.74 Å². The van der Waals surface area contributed by atoms with Crippen molar-refractivity contribution in [2.24, 2.45) is 0 Å². The average molecular weight is 465 g/mol. The van der Waals surface area contributed by atoms with Gasteiger partial charge in [0.05, 0.1) is 22.6 Å². The molecule has 1 aliphatic rings. The van der Waals surface area contributed by atoms with Crippen LogP contribution in [0.15, 0.2) is 77.5 Å². The molecular weight excluding hydrogens is 450 g/mol. The molecule has 0 fully saturated rings. The lowest BCUT2D eigenvalue weighted by molar-refractivity contribution is 0.485. The fourth-order valence-electron chi connectivity index (χ4n) is 3.61. The minimum absolute atomic E-state index is 0.317. The van der Waals surface area contributed by atoms with Crippen molar-refractivity contribution >= 4 is 21.6 Å². The summed E-state index contributed by atoms with van der Waals surface area (Å²) in [5.41, 5.74) is 4.65. The minimum atomic E-state index is -0.318. The standard InChI is InChI=1S/C24H15BrF2N2O/c1-14-13-30-21-11-6-17(25)12-20(21)24-28-22(15-2-7-18(26)8-3-15)23(29(14)24)16-4-9-19(27)10-5-16/h2-13H,1H3. The third kappa shape index (κ3) is 3.13. The molecule has 3 nitrogen and oxygen atoms in total. The molecule has 0 unspecified atom stereocenters. The van der Waals surface area contributed by atoms with Crippen LogP contribution in [0.4, 0.5) is 8.78 Å². The van der Waals surface area contributed by atoms with Gasteiger partial charge in [0.1, 0.15) is 29.5 Å². The Bertz CT molecular complexity index is 1290. The summed E-state index contributed by atoms with van der Waals surface area (Å²) in [5.74, 6) is 0.734. The Kier molecular flexibility index (Phi) is 4.51. The van der Waals surface area contributed by atoms with E-state index in [1.165, 1.54) is 24.3 Å². The lowest BCUT2D eigenvalue weighted by Crippen LogP contribution is -1.99. The highest BCUT2D eigenvalue weighted by molar-refractivity contribution is 9.10. The number of hydrogen-bond acceptors (Lipinski definition) is 2. The number of rotatable bonds is 2. The van der Waals surface area contributed by atoms with Crippen LogP contribution in [0.2, 0.25) is 0 Å². The van der Waals surface area contributed by atoms with E-state index < -0.39 is 0 Å². The number of hydrogen-bond donors (Lipinski definition) is 0. The van der Waals surface area contributed by atoms with E-state index in [4.69, 9.17) is 9.72 Å². The van der Waals surface area contributed by atoms with Gasteiger partial charge in [-0.1, -0.05) is 15.9 Å². The summed E-state index contributed by atoms with van der Waals surface area (Å²) in [6.45, 7) is 1.92. The van der Waals surface area contributed by atoms with Gasteiger partial charge in [-0.2, -0.15) is 0 Å². The largest absolute Gasteiger partial charge is 0.462 e. The maximum absolute atomic E-state index is 13.6. The molecular formula is C24H15BrF2N2O. The summed E-state index contributed by atoms with van der Waals surface area (Å²) in [7, 11) is 0. The third-order valence-electron chi connectivity index (χ3n) is 5.00. The predicted octanol–water partition coefficient (Wildman–Crippen LogP) is 7.14. The van der Waals surface area contributed by atoms with E-state index >= 15 is 0 Å². The summed E-state index contributed by atoms with van der Waals surface area (Å²) < 4.78 is 35.9. The maximum Gasteiger partial charge on any atom is 0.149 e. The van der Waals surface area contributed by atoms with E-state index in [0.29, 0.717) is 17.3 Å². The van der Waals surface area contributed by atoms with Gasteiger partial charge in [-0.25, -0.2) is 13.8 Å². The molecule has 2 heterocycles. The molecule has 4 aromatic rings. The van der Waals surface area contributed by atoms with E-state index in [9.17, 15) is 8.78 Å². The zero-order chi connectivity index (χ0) is 20.8. The number of fused-ring (bicyclic) bond motifs is 3. The monoisotopic (exact) mass is 464 g/mol. The zero-order valence-electron chi connectivity index (χ0n) is 15.9. The second-order valence-corrected chi connectivity index (χ2v) is 7.92. The van der Waals surface area contributed by atoms with Gasteiger partial charge in [0, 0.05) is 15.6 Å². The van der Waals surface area contributed by atoms with E-state index in [0.717, 1.165) is 32.6 Å². The van der Waals surface area contributed by atoms with Gasteiger partial charge in [-0.05, 0) is 73.7 Å². The van der Waals surface area contributed by atoms with Crippen LogP contribution in [0.25, 0.3) is 39.6 Å². The number of halogens is 3. The Balaban J connectivity index is 1.86. The van der Waals surface area contributed by atoms with Gasteiger partial charge in [0.2, 0.25) is 0 Å². The zero-order valence-corrected chi connectivity index (χ0v) is 17.5. The number of benzene rings is 3. The number of nitrogens with zero attached hydrogens (tertiary/aromatic N) is 2. The Morgan fingerprint density at radius 3 is 2.17 bits per heavy atom. The first-order valence-corrected chi connectivity index (χ1v) is 10.1. The summed E-state index contributed by atoms with van der Waals surface area (Å²) in [6.07, 6.45) is 1.67. The summed E-state index contributed by atoms with van der Waals surface area (Å²) in [6, 6.07) is 18.2. The van der Waals surface area contributed by atoms with E-state index in [-0.39, 0.29) is 11.6 Å². The molecule has 0 amide bonds. The van der Waals surface area contributed by atoms with Crippen LogP contribution in [0.5, 0.6) is 5.75 Å². The first-order valence-electron chi connectivity index (χ1n) is 9.29. The number of aromatic nitrogens is 2. The van der Waals surface area contributed by atoms with Crippen LogP contribution in [-0.2, 0) is 0 Å². The number of ether oxygens (including phenoxy) is 1. The molecule has 30 heavy (non-hydrogen) atoms. The lowest BCUT2D eigenvalue weighted by Gasteiger charge is -2.12. The average Bonchev–Trinajstić information content (AvgIpc) is 3.08. The van der Waals surface area contributed by atoms with Crippen molar-refractivity contribution in [2.45, 2.75) is 6.92 Å². The molecule has 1 aromatic heterocycles. The van der Waals surface area contributed by atoms with Gasteiger partial charge in [-0.3, -0.25) is 4.57 Å². The van der Waals surface area contributed by atoms with Crippen LogP contribution in [0, 0.1) is 11.6 Å². The van der Waals surface area contributed by atoms with Gasteiger partial charge in [0.25, 0.3) is 0 Å². The fourth-order valence-corrected chi connectivity index (χ4v) is 3.97. The summed E-state index contributed by atoms with van der Waals surface area (Å²) in [4.78, 5) is 4.95. The van der Waals surface area contributed by atoms with Gasteiger partial charge >= 0.3 is 0 Å². The molecule has 3 aromatic carbocycles. The van der Waals surface area contributed by atoms with E-state index in [1.807, 2.05) is 29.7 Å². The minimum Gasteiger partial charge on any atom is -0.462 e. The molecule has 0 aliphatic carbocycles. The topological polar surface area (TPSA) is 27.1 Å². The quantitative estimate of drug-likeness (QED) is 0.315. The van der Waals surface area contributed by atoms with Gasteiger partial charge < -0.3 is 4.74 Å². The van der Waals surface area contributed by atoms with Crippen molar-refractivity contribution in [2.75, 3.05) is 0 Å². The smallest absolute Gasteiger partial charge is 0.149 e. The number of allylic oxidation sites excluding steroid dienone is 1. The van der Waals surface area contributed by atoms with Crippen molar-refractivity contribution in [3.05, 3.63) is 89.1 Å². The van der Waals surface area contributed by atoms with Gasteiger partial charge in [-0.15, -0.1) is 0 Å². The Morgan fingerprint density at radius 2 is 1.50 bits per heavy atom. The molecule has 0 atom stereocenters. The van der Waals surface area contributed by atoms with Gasteiger partial charge in [0.15, 0.2) is 0 Å². The van der Waals surface area contributed by atoms with Crippen molar-refractivity contribution < 1.29 is 13.5 Å². The summed E-state index contributed by atoms with van der Waals surface area (Å²) in [5, 5.41) is 0. The normalized spacial score (nSPS) is 12.5. The molecule has 0 spiro atoms.